The molecule has 12 nitrogen and oxygen atoms in total. The van der Waals surface area contributed by atoms with Gasteiger partial charge in [-0.05, 0) is 52.9 Å². The molecule has 0 saturated heterocycles. The summed E-state index contributed by atoms with van der Waals surface area (Å²) in [6.07, 6.45) is 4.19. The minimum atomic E-state index is -4.94. The molecule has 53 heavy (non-hydrogen) atoms. The van der Waals surface area contributed by atoms with Crippen LogP contribution in [-0.4, -0.2) is 0 Å². The number of aryl methyl sites for hydroxylation is 1. The molecule has 7 rings (SSSR count). The molecule has 0 unspecified atom stereocenters. The van der Waals surface area contributed by atoms with E-state index in [2.05, 4.69) is 126 Å². The highest BCUT2D eigenvalue weighted by molar-refractivity contribution is 5.80. The van der Waals surface area contributed by atoms with Crippen LogP contribution in [0.25, 0.3) is 44.5 Å². The van der Waals surface area contributed by atoms with Gasteiger partial charge in [0.1, 0.15) is 0 Å². The van der Waals surface area contributed by atoms with Gasteiger partial charge < -0.3 is 11.5 Å². The highest BCUT2D eigenvalue weighted by Gasteiger charge is 2.21. The minimum absolute atomic E-state index is 0.764. The van der Waals surface area contributed by atoms with Crippen molar-refractivity contribution in [3.8, 4) is 33.8 Å². The Labute approximate surface area is 310 Å². The number of nitrogens with zero attached hydrogens (tertiary/aromatic N) is 2. The van der Waals surface area contributed by atoms with Gasteiger partial charge in [0.2, 0.25) is 17.1 Å². The normalized spacial score (nSPS) is 10.9. The van der Waals surface area contributed by atoms with Crippen LogP contribution in [0.4, 0.5) is 11.4 Å². The molecule has 2 aromatic heterocycles. The second-order valence-electron chi connectivity index (χ2n) is 11.3. The van der Waals surface area contributed by atoms with Crippen molar-refractivity contribution in [3.63, 3.8) is 0 Å². The SMILES string of the molecule is Cc1cc(-c2ccccc2)cc(-c2ccccc2)[n+]1-c1cccc(N)c1.Nc1ccc(-[n+]2ccc3ccccc3c2)cc1.[O-][Cl+3]([O-])([O-])[O-].[O-][Cl+3]([O-])([O-])[O-]. The third kappa shape index (κ3) is 13.5. The summed E-state index contributed by atoms with van der Waals surface area (Å²) in [4.78, 5) is 0. The van der Waals surface area contributed by atoms with E-state index >= 15 is 0 Å². The first-order valence-electron chi connectivity index (χ1n) is 15.6. The lowest BCUT2D eigenvalue weighted by Gasteiger charge is -2.17. The predicted octanol–water partition coefficient (Wildman–Crippen LogP) is -1.63. The maximum Gasteiger partial charge on any atom is 0.219 e. The van der Waals surface area contributed by atoms with Crippen molar-refractivity contribution >= 4 is 22.1 Å². The molecule has 5 aromatic carbocycles. The molecule has 0 amide bonds. The van der Waals surface area contributed by atoms with Crippen molar-refractivity contribution in [1.82, 2.24) is 0 Å². The van der Waals surface area contributed by atoms with Gasteiger partial charge >= 0.3 is 0 Å². The first-order valence-corrected chi connectivity index (χ1v) is 18.0. The summed E-state index contributed by atoms with van der Waals surface area (Å²) in [7, 11) is -9.89. The Morgan fingerprint density at radius 2 is 0.981 bits per heavy atom. The zero-order valence-electron chi connectivity index (χ0n) is 28.2. The second kappa shape index (κ2) is 18.3. The summed E-state index contributed by atoms with van der Waals surface area (Å²) in [5.74, 6) is 0. The zero-order valence-corrected chi connectivity index (χ0v) is 29.7. The van der Waals surface area contributed by atoms with Crippen molar-refractivity contribution in [2.24, 2.45) is 0 Å². The van der Waals surface area contributed by atoms with E-state index in [-0.39, 0.29) is 0 Å². The lowest BCUT2D eigenvalue weighted by molar-refractivity contribution is -2.00. The number of rotatable bonds is 4. The fraction of sp³-hybridized carbons (Fsp3) is 0.0256. The van der Waals surface area contributed by atoms with E-state index in [0.29, 0.717) is 0 Å². The number of nitrogen functional groups attached to an aromatic ring is 2. The Balaban J connectivity index is 0.000000198. The van der Waals surface area contributed by atoms with Crippen LogP contribution in [0.2, 0.25) is 0 Å². The average Bonchev–Trinajstić information content (AvgIpc) is 3.11. The third-order valence-corrected chi connectivity index (χ3v) is 7.44. The molecule has 14 heteroatoms. The number of fused-ring (bicyclic) bond motifs is 1. The molecule has 0 atom stereocenters. The number of benzene rings is 5. The molecule has 0 saturated carbocycles. The highest BCUT2D eigenvalue weighted by Crippen LogP contribution is 2.26. The van der Waals surface area contributed by atoms with E-state index in [1.54, 1.807) is 0 Å². The number of hydrogen-bond acceptors (Lipinski definition) is 10. The van der Waals surface area contributed by atoms with Crippen LogP contribution in [0.15, 0.2) is 164 Å². The Morgan fingerprint density at radius 3 is 1.55 bits per heavy atom. The molecule has 0 aliphatic rings. The summed E-state index contributed by atoms with van der Waals surface area (Å²) < 4.78 is 72.3. The molecule has 2 heterocycles. The lowest BCUT2D eigenvalue weighted by atomic mass is 10.0. The van der Waals surface area contributed by atoms with Gasteiger partial charge in [0.15, 0.2) is 18.1 Å². The van der Waals surface area contributed by atoms with Gasteiger partial charge in [0.25, 0.3) is 0 Å². The van der Waals surface area contributed by atoms with Crippen LogP contribution in [-0.2, 0) is 0 Å². The van der Waals surface area contributed by atoms with E-state index < -0.39 is 20.5 Å². The summed E-state index contributed by atoms with van der Waals surface area (Å²) in [5.41, 5.74) is 21.4. The number of pyridine rings is 2. The van der Waals surface area contributed by atoms with Gasteiger partial charge in [0.05, 0.1) is 0 Å². The summed E-state index contributed by atoms with van der Waals surface area (Å²) in [6, 6.07) is 51.8. The molecule has 4 N–H and O–H groups in total. The van der Waals surface area contributed by atoms with Gasteiger partial charge in [0, 0.05) is 71.7 Å². The van der Waals surface area contributed by atoms with Gasteiger partial charge in [-0.15, -0.1) is 20.5 Å². The zero-order chi connectivity index (χ0) is 38.6. The van der Waals surface area contributed by atoms with E-state index in [9.17, 15) is 0 Å². The fourth-order valence-electron chi connectivity index (χ4n) is 5.30. The molecule has 0 radical (unpaired) electrons. The van der Waals surface area contributed by atoms with Crippen LogP contribution in [0.3, 0.4) is 0 Å². The van der Waals surface area contributed by atoms with Gasteiger partial charge in [-0.3, -0.25) is 0 Å². The van der Waals surface area contributed by atoms with Crippen molar-refractivity contribution < 1.29 is 66.9 Å². The molecule has 7 aromatic rings. The monoisotopic (exact) mass is 756 g/mol. The quantitative estimate of drug-likeness (QED) is 0.153. The molecule has 0 aliphatic carbocycles. The second-order valence-corrected chi connectivity index (χ2v) is 12.8. The van der Waals surface area contributed by atoms with Crippen molar-refractivity contribution in [1.29, 1.82) is 0 Å². The first kappa shape index (κ1) is 40.3. The Bertz CT molecular complexity index is 2190. The van der Waals surface area contributed by atoms with E-state index in [0.717, 1.165) is 34.1 Å². The minimum Gasteiger partial charge on any atom is -0.399 e. The average molecular weight is 758 g/mol. The number of hydrogen-bond donors (Lipinski definition) is 2. The maximum absolute atomic E-state index is 8.49. The van der Waals surface area contributed by atoms with Gasteiger partial charge in [-0.2, -0.15) is 9.13 Å². The van der Waals surface area contributed by atoms with Crippen molar-refractivity contribution in [2.45, 2.75) is 6.92 Å². The van der Waals surface area contributed by atoms with Crippen molar-refractivity contribution in [3.05, 3.63) is 170 Å². The van der Waals surface area contributed by atoms with Crippen molar-refractivity contribution in [2.75, 3.05) is 11.5 Å². The molecule has 0 spiro atoms. The largest absolute Gasteiger partial charge is 0.399 e. The van der Waals surface area contributed by atoms with Crippen LogP contribution in [0.1, 0.15) is 5.69 Å². The molecule has 0 bridgehead atoms. The highest BCUT2D eigenvalue weighted by atomic mass is 35.7. The Hall–Kier alpha value is -5.48. The summed E-state index contributed by atoms with van der Waals surface area (Å²) in [6.45, 7) is 2.14. The fourth-order valence-corrected chi connectivity index (χ4v) is 5.30. The van der Waals surface area contributed by atoms with E-state index in [1.165, 1.54) is 27.5 Å². The standard InChI is InChI=1S/C24H21N2.C15H13N2.2ClHO4/c1-18-15-21(19-9-4-2-5-10-19)16-24(20-11-6-3-7-12-20)26(18)23-14-8-13-22(25)17-23;16-14-5-7-15(8-6-14)17-10-9-12-3-1-2-4-13(12)11-17;2*2-1(3,4)5/h2-17H,25H2,1H3;1-11H,16H2;2*(H,2,3,4,5)/q2*+1;;/p-2. The molecule has 272 valence electrons. The van der Waals surface area contributed by atoms with Gasteiger partial charge in [-0.1, -0.05) is 72.8 Å². The number of anilines is 2. The first-order chi connectivity index (χ1) is 25.0. The maximum atomic E-state index is 8.49. The Kier molecular flexibility index (Phi) is 13.9. The smallest absolute Gasteiger partial charge is 0.219 e. The van der Waals surface area contributed by atoms with Crippen LogP contribution >= 0.6 is 0 Å². The van der Waals surface area contributed by atoms with Gasteiger partial charge in [-0.25, -0.2) is 37.3 Å². The molecular formula is C39H34Cl2N4O8. The number of halogens is 2. The van der Waals surface area contributed by atoms with E-state index in [4.69, 9.17) is 48.7 Å². The van der Waals surface area contributed by atoms with Crippen LogP contribution in [0.5, 0.6) is 0 Å². The third-order valence-electron chi connectivity index (χ3n) is 7.44. The predicted molar refractivity (Wildman–Crippen MR) is 178 cm³/mol. The molecular weight excluding hydrogens is 723 g/mol. The number of nitrogens with two attached hydrogens (primary N) is 2. The van der Waals surface area contributed by atoms with E-state index in [1.807, 2.05) is 54.6 Å². The van der Waals surface area contributed by atoms with Crippen LogP contribution < -0.4 is 57.9 Å². The summed E-state index contributed by atoms with van der Waals surface area (Å²) in [5, 5.41) is 2.48. The lowest BCUT2D eigenvalue weighted by Crippen LogP contribution is -2.68. The Morgan fingerprint density at radius 1 is 0.453 bits per heavy atom. The molecule has 0 aliphatic heterocycles. The topological polar surface area (TPSA) is 244 Å². The van der Waals surface area contributed by atoms with Crippen LogP contribution in [0, 0.1) is 27.4 Å². The molecule has 0 fully saturated rings. The number of aromatic nitrogens is 2. The summed E-state index contributed by atoms with van der Waals surface area (Å²) >= 11 is 0.